The van der Waals surface area contributed by atoms with Crippen molar-refractivity contribution in [2.45, 2.75) is 83.1 Å². The molecule has 3 N–H and O–H groups in total. The van der Waals surface area contributed by atoms with Crippen molar-refractivity contribution in [3.05, 3.63) is 102 Å². The first-order chi connectivity index (χ1) is 31.6. The smallest absolute Gasteiger partial charge is 0.322 e. The zero-order valence-corrected chi connectivity index (χ0v) is 36.1. The number of piperidine rings is 1. The average Bonchev–Trinajstić information content (AvgIpc) is 3.85. The first-order valence-electron chi connectivity index (χ1n) is 22.3. The molecule has 5 aromatic rings. The second-order valence-corrected chi connectivity index (χ2v) is 16.8. The van der Waals surface area contributed by atoms with E-state index in [4.69, 9.17) is 9.72 Å². The normalized spacial score (nSPS) is 19.8. The van der Waals surface area contributed by atoms with Gasteiger partial charge in [0.25, 0.3) is 17.7 Å². The van der Waals surface area contributed by atoms with Gasteiger partial charge in [-0.15, -0.1) is 0 Å². The standard InChI is InChI=1S/C47H51N11O7/c1-2-21-56-42-31(28-50-56)27-48-46(53-42)51-32-11-13-34(14-12-32)57(47(64)49-26-30-7-4-3-5-8-30)35-17-15-33(16-18-35)54-22-24-55(25-23-54)40(60)29-65-38-10-6-9-36-41(38)45(63)58(44(36)62)37-19-20-39(59)52-43(37)61/h3-10,15-18,27-28,32,34,37H,2,11-14,19-26,29H2,1H3,(H,49,64)(H,48,51,53)(H,52,59,61). The van der Waals surface area contributed by atoms with Crippen LogP contribution < -0.4 is 30.5 Å². The molecular formula is C47H51N11O7. The Labute approximate surface area is 375 Å². The lowest BCUT2D eigenvalue weighted by molar-refractivity contribution is -0.136. The van der Waals surface area contributed by atoms with E-state index in [2.05, 4.69) is 37.9 Å². The van der Waals surface area contributed by atoms with E-state index in [9.17, 15) is 28.8 Å². The molecule has 2 saturated heterocycles. The number of rotatable bonds is 13. The van der Waals surface area contributed by atoms with E-state index < -0.39 is 29.7 Å². The molecule has 5 heterocycles. The van der Waals surface area contributed by atoms with Crippen LogP contribution in [0.25, 0.3) is 11.0 Å². The van der Waals surface area contributed by atoms with Crippen LogP contribution in [0.2, 0.25) is 0 Å². The van der Waals surface area contributed by atoms with E-state index in [-0.39, 0.29) is 60.3 Å². The Bertz CT molecular complexity index is 2600. The number of hydrogen-bond donors (Lipinski definition) is 3. The summed E-state index contributed by atoms with van der Waals surface area (Å²) in [6.07, 6.45) is 7.86. The SMILES string of the molecule is CCCn1ncc2cnc(NC3CCC(N(C(=O)NCc4ccccc4)c4ccc(N5CCN(C(=O)COc6cccc7c6C(=O)N(C6CCC(=O)NC6=O)C7=O)CC5)cc4)CC3)nc21. The third-order valence-electron chi connectivity index (χ3n) is 12.6. The van der Waals surface area contributed by atoms with Crippen molar-refractivity contribution < 1.29 is 33.5 Å². The molecule has 18 nitrogen and oxygen atoms in total. The zero-order valence-electron chi connectivity index (χ0n) is 36.1. The summed E-state index contributed by atoms with van der Waals surface area (Å²) in [5, 5.41) is 14.2. The minimum Gasteiger partial charge on any atom is -0.483 e. The number of nitrogens with zero attached hydrogens (tertiary/aromatic N) is 8. The Kier molecular flexibility index (Phi) is 12.4. The number of ether oxygens (including phenoxy) is 1. The number of urea groups is 1. The summed E-state index contributed by atoms with van der Waals surface area (Å²) in [6.45, 7) is 4.95. The number of nitrogens with one attached hydrogen (secondary N) is 3. The van der Waals surface area contributed by atoms with Crippen molar-refractivity contribution in [1.29, 1.82) is 0 Å². The van der Waals surface area contributed by atoms with E-state index in [0.717, 1.165) is 71.5 Å². The number of imide groups is 2. The average molecular weight is 882 g/mol. The molecule has 1 unspecified atom stereocenters. The van der Waals surface area contributed by atoms with Gasteiger partial charge in [0.2, 0.25) is 17.8 Å². The topological polar surface area (TPSA) is 204 Å². The monoisotopic (exact) mass is 881 g/mol. The highest BCUT2D eigenvalue weighted by atomic mass is 16.5. The van der Waals surface area contributed by atoms with Crippen LogP contribution in [0.5, 0.6) is 5.75 Å². The fourth-order valence-corrected chi connectivity index (χ4v) is 9.20. The molecule has 9 rings (SSSR count). The largest absolute Gasteiger partial charge is 0.483 e. The van der Waals surface area contributed by atoms with Gasteiger partial charge in [-0.2, -0.15) is 10.1 Å². The highest BCUT2D eigenvalue weighted by Crippen LogP contribution is 2.34. The Morgan fingerprint density at radius 1 is 0.862 bits per heavy atom. The number of benzene rings is 3. The van der Waals surface area contributed by atoms with Gasteiger partial charge in [0.1, 0.15) is 11.8 Å². The van der Waals surface area contributed by atoms with Crippen LogP contribution in [0.4, 0.5) is 22.1 Å². The number of carbonyl (C=O) groups is 6. The van der Waals surface area contributed by atoms with Crippen molar-refractivity contribution >= 4 is 63.9 Å². The fourth-order valence-electron chi connectivity index (χ4n) is 9.20. The summed E-state index contributed by atoms with van der Waals surface area (Å²) < 4.78 is 7.78. The lowest BCUT2D eigenvalue weighted by Gasteiger charge is -2.38. The lowest BCUT2D eigenvalue weighted by Crippen LogP contribution is -2.54. The molecule has 18 heteroatoms. The predicted octanol–water partition coefficient (Wildman–Crippen LogP) is 4.50. The Morgan fingerprint density at radius 2 is 1.63 bits per heavy atom. The maximum atomic E-state index is 14.0. The maximum Gasteiger partial charge on any atom is 0.322 e. The number of aryl methyl sites for hydroxylation is 1. The van der Waals surface area contributed by atoms with E-state index >= 15 is 0 Å². The molecule has 1 aliphatic carbocycles. The number of aromatic nitrogens is 4. The summed E-state index contributed by atoms with van der Waals surface area (Å²) >= 11 is 0. The lowest BCUT2D eigenvalue weighted by atomic mass is 9.90. The quantitative estimate of drug-likeness (QED) is 0.140. The molecule has 3 aliphatic heterocycles. The van der Waals surface area contributed by atoms with Crippen LogP contribution in [0.15, 0.2) is 85.2 Å². The van der Waals surface area contributed by atoms with Crippen molar-refractivity contribution in [3.63, 3.8) is 0 Å². The predicted molar refractivity (Wildman–Crippen MR) is 240 cm³/mol. The summed E-state index contributed by atoms with van der Waals surface area (Å²) in [6, 6.07) is 21.3. The van der Waals surface area contributed by atoms with Gasteiger partial charge in [-0.1, -0.05) is 43.3 Å². The molecule has 336 valence electrons. The molecule has 1 saturated carbocycles. The third kappa shape index (κ3) is 9.05. The fraction of sp³-hybridized carbons (Fsp3) is 0.383. The van der Waals surface area contributed by atoms with E-state index in [0.29, 0.717) is 38.7 Å². The Morgan fingerprint density at radius 3 is 2.37 bits per heavy atom. The molecule has 2 aromatic heterocycles. The van der Waals surface area contributed by atoms with E-state index in [1.54, 1.807) is 17.2 Å². The van der Waals surface area contributed by atoms with Crippen molar-refractivity contribution in [2.24, 2.45) is 0 Å². The molecule has 0 spiro atoms. The molecule has 1 atom stereocenters. The minimum absolute atomic E-state index is 0.00366. The number of carbonyl (C=O) groups excluding carboxylic acids is 6. The van der Waals surface area contributed by atoms with Crippen LogP contribution in [-0.2, 0) is 27.5 Å². The van der Waals surface area contributed by atoms with Crippen molar-refractivity contribution in [3.8, 4) is 5.75 Å². The molecule has 7 amide bonds. The van der Waals surface area contributed by atoms with Crippen molar-refractivity contribution in [2.75, 3.05) is 47.9 Å². The van der Waals surface area contributed by atoms with Gasteiger partial charge in [-0.3, -0.25) is 39.1 Å². The van der Waals surface area contributed by atoms with E-state index in [1.165, 1.54) is 12.1 Å². The van der Waals surface area contributed by atoms with Crippen molar-refractivity contribution in [1.82, 2.24) is 40.2 Å². The summed E-state index contributed by atoms with van der Waals surface area (Å²) in [7, 11) is 0. The number of hydrogen-bond acceptors (Lipinski definition) is 12. The van der Waals surface area contributed by atoms with Gasteiger partial charge in [-0.25, -0.2) is 14.5 Å². The summed E-state index contributed by atoms with van der Waals surface area (Å²) in [4.78, 5) is 94.3. The van der Waals surface area contributed by atoms with Gasteiger partial charge in [0.15, 0.2) is 12.3 Å². The van der Waals surface area contributed by atoms with Gasteiger partial charge in [0, 0.05) is 75.3 Å². The molecule has 4 aliphatic rings. The maximum absolute atomic E-state index is 14.0. The highest BCUT2D eigenvalue weighted by molar-refractivity contribution is 6.24. The molecule has 0 bridgehead atoms. The van der Waals surface area contributed by atoms with Gasteiger partial charge < -0.3 is 25.2 Å². The third-order valence-corrected chi connectivity index (χ3v) is 12.6. The second kappa shape index (κ2) is 18.8. The van der Waals surface area contributed by atoms with Gasteiger partial charge in [0.05, 0.1) is 22.7 Å². The molecular weight excluding hydrogens is 831 g/mol. The Balaban J connectivity index is 0.809. The molecule has 3 fully saturated rings. The van der Waals surface area contributed by atoms with Crippen LogP contribution in [0, 0.1) is 0 Å². The first kappa shape index (κ1) is 42.9. The minimum atomic E-state index is -1.11. The Hall–Kier alpha value is -7.37. The van der Waals surface area contributed by atoms with E-state index in [1.807, 2.05) is 70.4 Å². The number of fused-ring (bicyclic) bond motifs is 2. The van der Waals surface area contributed by atoms with Crippen LogP contribution in [0.1, 0.15) is 78.1 Å². The second-order valence-electron chi connectivity index (χ2n) is 16.8. The summed E-state index contributed by atoms with van der Waals surface area (Å²) in [5.41, 5.74) is 3.67. The number of piperazine rings is 1. The highest BCUT2D eigenvalue weighted by Gasteiger charge is 2.46. The number of anilines is 3. The zero-order chi connectivity index (χ0) is 45.0. The first-order valence-corrected chi connectivity index (χ1v) is 22.3. The molecule has 0 radical (unpaired) electrons. The molecule has 3 aromatic carbocycles. The van der Waals surface area contributed by atoms with Crippen LogP contribution in [0.3, 0.4) is 0 Å². The summed E-state index contributed by atoms with van der Waals surface area (Å²) in [5.74, 6) is -2.11. The van der Waals surface area contributed by atoms with Crippen LogP contribution in [-0.4, -0.2) is 116 Å². The van der Waals surface area contributed by atoms with Gasteiger partial charge >= 0.3 is 6.03 Å². The molecule has 65 heavy (non-hydrogen) atoms. The number of amides is 7. The van der Waals surface area contributed by atoms with Crippen LogP contribution >= 0.6 is 0 Å². The van der Waals surface area contributed by atoms with Gasteiger partial charge in [-0.05, 0) is 80.5 Å².